The fourth-order valence-electron chi connectivity index (χ4n) is 2.72. The molecule has 0 aliphatic carbocycles. The Kier molecular flexibility index (Phi) is 6.07. The highest BCUT2D eigenvalue weighted by molar-refractivity contribution is 7.59. The predicted octanol–water partition coefficient (Wildman–Crippen LogP) is 0.408. The van der Waals surface area contributed by atoms with E-state index in [2.05, 4.69) is 25.9 Å². The van der Waals surface area contributed by atoms with Crippen LogP contribution in [0.3, 0.4) is 0 Å². The molecular formula is C17H22N6O4S. The molecule has 0 unspecified atom stereocenters. The summed E-state index contributed by atoms with van der Waals surface area (Å²) < 4.78 is 10.7. The Bertz CT molecular complexity index is 864. The van der Waals surface area contributed by atoms with Crippen molar-refractivity contribution >= 4 is 42.5 Å². The van der Waals surface area contributed by atoms with Crippen LogP contribution in [0.4, 0.5) is 23.1 Å². The molecule has 1 aromatic heterocycles. The summed E-state index contributed by atoms with van der Waals surface area (Å²) in [5.74, 6) is 0.744. The van der Waals surface area contributed by atoms with Crippen LogP contribution in [-0.2, 0) is 4.74 Å². The molecule has 6 N–H and O–H groups in total. The summed E-state index contributed by atoms with van der Waals surface area (Å²) in [6.07, 6.45) is 0.823. The van der Waals surface area contributed by atoms with E-state index in [0.29, 0.717) is 37.3 Å². The number of benzene rings is 1. The molecule has 11 heteroatoms. The summed E-state index contributed by atoms with van der Waals surface area (Å²) in [5.41, 5.74) is 7.11. The first-order valence-corrected chi connectivity index (χ1v) is 8.55. The number of carbonyl (C=O) groups is 1. The molecule has 1 amide bonds. The number of rotatable bonds is 5. The van der Waals surface area contributed by atoms with E-state index in [1.165, 1.54) is 6.20 Å². The summed E-state index contributed by atoms with van der Waals surface area (Å²) in [6, 6.07) is 5.54. The first-order chi connectivity index (χ1) is 13.1. The number of nitrogens with zero attached hydrogens (tertiary/aromatic N) is 2. The minimum absolute atomic E-state index is 0. The molecule has 1 saturated heterocycles. The number of aromatic nitrogens is 2. The van der Waals surface area contributed by atoms with Gasteiger partial charge in [-0.05, 0) is 18.2 Å². The largest absolute Gasteiger partial charge is 0.489 e. The first kappa shape index (κ1) is 20.0. The number of hydrogen-bond donors (Lipinski definition) is 5. The molecule has 28 heavy (non-hydrogen) atoms. The SMILES string of the molecule is NC(=O)c1cnc(Nc2ccc3c(c2)NC[C@H](O)CO3)nc1NC1COC1.S. The van der Waals surface area contributed by atoms with Crippen LogP contribution in [0, 0.1) is 0 Å². The van der Waals surface area contributed by atoms with E-state index in [0.717, 1.165) is 11.4 Å². The maximum Gasteiger partial charge on any atom is 0.254 e. The fraction of sp³-hybridized carbons (Fsp3) is 0.353. The van der Waals surface area contributed by atoms with Gasteiger partial charge in [0.25, 0.3) is 5.91 Å². The van der Waals surface area contributed by atoms with Crippen LogP contribution in [0.2, 0.25) is 0 Å². The highest BCUT2D eigenvalue weighted by Gasteiger charge is 2.22. The van der Waals surface area contributed by atoms with Gasteiger partial charge in [0, 0.05) is 18.4 Å². The Balaban J connectivity index is 0.00000225. The minimum Gasteiger partial charge on any atom is -0.489 e. The Morgan fingerprint density at radius 3 is 2.86 bits per heavy atom. The van der Waals surface area contributed by atoms with Gasteiger partial charge in [-0.1, -0.05) is 0 Å². The molecule has 1 atom stereocenters. The van der Waals surface area contributed by atoms with Crippen LogP contribution in [-0.4, -0.2) is 59.5 Å². The quantitative estimate of drug-likeness (QED) is 0.477. The standard InChI is InChI=1S/C17H20N6O4.H2S/c18-15(25)12-5-20-17(23-16(12)21-10-6-26-7-10)22-9-1-2-14-13(3-9)19-4-11(24)8-27-14;/h1-3,5,10-11,19,24H,4,6-8H2,(H2,18,25)(H2,20,21,22,23);1H2/t11-;/m0./s1. The van der Waals surface area contributed by atoms with Gasteiger partial charge in [0.1, 0.15) is 24.3 Å². The lowest BCUT2D eigenvalue weighted by molar-refractivity contribution is 0.0209. The van der Waals surface area contributed by atoms with Crippen molar-refractivity contribution in [3.63, 3.8) is 0 Å². The lowest BCUT2D eigenvalue weighted by Crippen LogP contribution is -2.41. The van der Waals surface area contributed by atoms with Gasteiger partial charge in [-0.15, -0.1) is 0 Å². The van der Waals surface area contributed by atoms with E-state index < -0.39 is 12.0 Å². The maximum absolute atomic E-state index is 11.6. The second kappa shape index (κ2) is 8.50. The number of amides is 1. The number of fused-ring (bicyclic) bond motifs is 1. The van der Waals surface area contributed by atoms with Crippen LogP contribution in [0.25, 0.3) is 0 Å². The molecule has 1 fully saturated rings. The van der Waals surface area contributed by atoms with E-state index in [4.69, 9.17) is 15.2 Å². The number of nitrogens with two attached hydrogens (primary N) is 1. The minimum atomic E-state index is -0.603. The van der Waals surface area contributed by atoms with Crippen molar-refractivity contribution in [1.82, 2.24) is 9.97 Å². The number of carbonyl (C=O) groups excluding carboxylic acids is 1. The molecule has 1 aromatic carbocycles. The molecule has 2 aromatic rings. The van der Waals surface area contributed by atoms with Crippen molar-refractivity contribution in [2.75, 3.05) is 42.3 Å². The van der Waals surface area contributed by atoms with Crippen molar-refractivity contribution in [2.24, 2.45) is 5.73 Å². The zero-order valence-electron chi connectivity index (χ0n) is 14.9. The summed E-state index contributed by atoms with van der Waals surface area (Å²) in [5, 5.41) is 19.1. The van der Waals surface area contributed by atoms with Crippen LogP contribution in [0.5, 0.6) is 5.75 Å². The third-order valence-corrected chi connectivity index (χ3v) is 4.23. The molecule has 0 radical (unpaired) electrons. The van der Waals surface area contributed by atoms with Crippen molar-refractivity contribution in [3.8, 4) is 5.75 Å². The fourth-order valence-corrected chi connectivity index (χ4v) is 2.72. The number of primary amides is 1. The molecule has 2 aliphatic rings. The molecule has 0 bridgehead atoms. The topological polar surface area (TPSA) is 144 Å². The monoisotopic (exact) mass is 406 g/mol. The van der Waals surface area contributed by atoms with Crippen molar-refractivity contribution < 1.29 is 19.4 Å². The van der Waals surface area contributed by atoms with Gasteiger partial charge >= 0.3 is 0 Å². The molecule has 2 aliphatic heterocycles. The summed E-state index contributed by atoms with van der Waals surface area (Å²) in [4.78, 5) is 20.1. The number of nitrogens with one attached hydrogen (secondary N) is 3. The van der Waals surface area contributed by atoms with Gasteiger partial charge in [-0.2, -0.15) is 18.5 Å². The van der Waals surface area contributed by atoms with Crippen LogP contribution in [0.15, 0.2) is 24.4 Å². The normalized spacial score (nSPS) is 18.2. The van der Waals surface area contributed by atoms with Gasteiger partial charge < -0.3 is 36.3 Å². The average molecular weight is 406 g/mol. The van der Waals surface area contributed by atoms with Crippen molar-refractivity contribution in [1.29, 1.82) is 0 Å². The Morgan fingerprint density at radius 2 is 2.14 bits per heavy atom. The smallest absolute Gasteiger partial charge is 0.254 e. The molecular weight excluding hydrogens is 384 g/mol. The van der Waals surface area contributed by atoms with Crippen LogP contribution in [0.1, 0.15) is 10.4 Å². The van der Waals surface area contributed by atoms with Crippen molar-refractivity contribution in [2.45, 2.75) is 12.1 Å². The van der Waals surface area contributed by atoms with Gasteiger partial charge in [0.15, 0.2) is 0 Å². The summed E-state index contributed by atoms with van der Waals surface area (Å²) in [6.45, 7) is 1.74. The molecule has 0 spiro atoms. The van der Waals surface area contributed by atoms with Crippen molar-refractivity contribution in [3.05, 3.63) is 30.0 Å². The lowest BCUT2D eigenvalue weighted by atomic mass is 10.2. The van der Waals surface area contributed by atoms with Crippen LogP contribution < -0.4 is 26.4 Å². The second-order valence-corrected chi connectivity index (χ2v) is 6.38. The average Bonchev–Trinajstić information content (AvgIpc) is 2.80. The number of anilines is 4. The molecule has 150 valence electrons. The van der Waals surface area contributed by atoms with E-state index in [9.17, 15) is 9.90 Å². The van der Waals surface area contributed by atoms with E-state index in [1.54, 1.807) is 6.07 Å². The van der Waals surface area contributed by atoms with Gasteiger partial charge in [0.2, 0.25) is 5.95 Å². The summed E-state index contributed by atoms with van der Waals surface area (Å²) >= 11 is 0. The first-order valence-electron chi connectivity index (χ1n) is 8.55. The maximum atomic E-state index is 11.6. The van der Waals surface area contributed by atoms with E-state index in [-0.39, 0.29) is 31.7 Å². The van der Waals surface area contributed by atoms with E-state index >= 15 is 0 Å². The number of ether oxygens (including phenoxy) is 2. The number of hydrogen-bond acceptors (Lipinski definition) is 9. The molecule has 10 nitrogen and oxygen atoms in total. The molecule has 3 heterocycles. The lowest BCUT2D eigenvalue weighted by Gasteiger charge is -2.27. The van der Waals surface area contributed by atoms with Gasteiger partial charge in [0.05, 0.1) is 30.5 Å². The zero-order chi connectivity index (χ0) is 18.8. The highest BCUT2D eigenvalue weighted by Crippen LogP contribution is 2.31. The number of aliphatic hydroxyl groups is 1. The van der Waals surface area contributed by atoms with E-state index in [1.807, 2.05) is 12.1 Å². The molecule has 4 rings (SSSR count). The van der Waals surface area contributed by atoms with Crippen LogP contribution >= 0.6 is 13.5 Å². The summed E-state index contributed by atoms with van der Waals surface area (Å²) in [7, 11) is 0. The number of β-amino-alcohol motifs (C(OH)–C–C–N with tert-alkyl or cyclic N) is 1. The Morgan fingerprint density at radius 1 is 1.32 bits per heavy atom. The number of aliphatic hydroxyl groups excluding tert-OH is 1. The third kappa shape index (κ3) is 4.38. The predicted molar refractivity (Wildman–Crippen MR) is 109 cm³/mol. The van der Waals surface area contributed by atoms with Gasteiger partial charge in [-0.25, -0.2) is 4.98 Å². The Hall–Kier alpha value is -2.76. The second-order valence-electron chi connectivity index (χ2n) is 6.38. The zero-order valence-corrected chi connectivity index (χ0v) is 15.9. The molecule has 0 saturated carbocycles. The third-order valence-electron chi connectivity index (χ3n) is 4.23. The highest BCUT2D eigenvalue weighted by atomic mass is 32.1. The Labute approximate surface area is 168 Å². The van der Waals surface area contributed by atoms with Gasteiger partial charge in [-0.3, -0.25) is 4.79 Å².